The predicted molar refractivity (Wildman–Crippen MR) is 94.5 cm³/mol. The van der Waals surface area contributed by atoms with Gasteiger partial charge in [-0.15, -0.1) is 0 Å². The monoisotopic (exact) mass is 326 g/mol. The third-order valence-electron chi connectivity index (χ3n) is 3.55. The van der Waals surface area contributed by atoms with Gasteiger partial charge in [0.15, 0.2) is 5.13 Å². The molecule has 23 heavy (non-hydrogen) atoms. The van der Waals surface area contributed by atoms with Crippen molar-refractivity contribution in [3.05, 3.63) is 53.7 Å². The summed E-state index contributed by atoms with van der Waals surface area (Å²) in [5.74, 6) is 2.46. The lowest BCUT2D eigenvalue weighted by Crippen LogP contribution is -1.92. The molecule has 2 aromatic carbocycles. The summed E-state index contributed by atoms with van der Waals surface area (Å²) in [4.78, 5) is 5.17. The van der Waals surface area contributed by atoms with Crippen molar-refractivity contribution in [2.24, 2.45) is 0 Å². The number of rotatable bonds is 4. The summed E-state index contributed by atoms with van der Waals surface area (Å²) in [6, 6.07) is 11.8. The van der Waals surface area contributed by atoms with Gasteiger partial charge in [-0.2, -0.15) is 0 Å². The van der Waals surface area contributed by atoms with E-state index in [2.05, 4.69) is 17.1 Å². The topological polar surface area (TPSA) is 57.4 Å². The number of methoxy groups -OCH3 is 1. The lowest BCUT2D eigenvalue weighted by molar-refractivity contribution is 0.412. The van der Waals surface area contributed by atoms with Crippen LogP contribution in [0.4, 0.5) is 5.13 Å². The van der Waals surface area contributed by atoms with Crippen LogP contribution in [-0.4, -0.2) is 12.1 Å². The summed E-state index contributed by atoms with van der Waals surface area (Å²) in [7, 11) is 1.65. The molecule has 3 aromatic rings. The molecule has 1 heterocycles. The average Bonchev–Trinajstić information content (AvgIpc) is 2.98. The van der Waals surface area contributed by atoms with E-state index < -0.39 is 0 Å². The summed E-state index contributed by atoms with van der Waals surface area (Å²) in [6.45, 7) is 4.08. The van der Waals surface area contributed by atoms with Gasteiger partial charge in [0.2, 0.25) is 0 Å². The van der Waals surface area contributed by atoms with Crippen molar-refractivity contribution >= 4 is 16.5 Å². The van der Waals surface area contributed by atoms with Crippen molar-refractivity contribution in [1.29, 1.82) is 0 Å². The van der Waals surface area contributed by atoms with Crippen LogP contribution >= 0.6 is 11.3 Å². The van der Waals surface area contributed by atoms with Crippen LogP contribution in [0.5, 0.6) is 17.2 Å². The Balaban J connectivity index is 1.90. The molecular weight excluding hydrogens is 308 g/mol. The van der Waals surface area contributed by atoms with E-state index in [1.165, 1.54) is 11.3 Å². The number of hydrogen-bond acceptors (Lipinski definition) is 5. The molecule has 0 aliphatic heterocycles. The molecule has 2 N–H and O–H groups in total. The maximum atomic E-state index is 6.04. The van der Waals surface area contributed by atoms with E-state index in [-0.39, 0.29) is 0 Å². The van der Waals surface area contributed by atoms with Crippen molar-refractivity contribution in [3.8, 4) is 27.7 Å². The first-order valence-corrected chi connectivity index (χ1v) is 8.03. The highest BCUT2D eigenvalue weighted by Gasteiger charge is 2.11. The van der Waals surface area contributed by atoms with Crippen LogP contribution in [0.25, 0.3) is 10.4 Å². The average molecular weight is 326 g/mol. The molecule has 0 bridgehead atoms. The van der Waals surface area contributed by atoms with Gasteiger partial charge < -0.3 is 15.2 Å². The van der Waals surface area contributed by atoms with Gasteiger partial charge in [0.25, 0.3) is 0 Å². The number of aryl methyl sites for hydroxylation is 2. The molecular formula is C18H18N2O2S. The lowest BCUT2D eigenvalue weighted by atomic mass is 10.0. The number of hydrogen-bond donors (Lipinski definition) is 1. The Morgan fingerprint density at radius 3 is 2.13 bits per heavy atom. The first-order chi connectivity index (χ1) is 11.1. The van der Waals surface area contributed by atoms with Crippen LogP contribution in [0, 0.1) is 13.8 Å². The second-order valence-electron chi connectivity index (χ2n) is 5.28. The summed E-state index contributed by atoms with van der Waals surface area (Å²) in [6.07, 6.45) is 1.80. The fourth-order valence-electron chi connectivity index (χ4n) is 2.44. The van der Waals surface area contributed by atoms with E-state index in [9.17, 15) is 0 Å². The summed E-state index contributed by atoms with van der Waals surface area (Å²) >= 11 is 1.48. The van der Waals surface area contributed by atoms with Crippen LogP contribution in [0.15, 0.2) is 42.6 Å². The zero-order valence-electron chi connectivity index (χ0n) is 13.3. The van der Waals surface area contributed by atoms with E-state index in [0.717, 1.165) is 38.8 Å². The Hall–Kier alpha value is -2.53. The highest BCUT2D eigenvalue weighted by molar-refractivity contribution is 7.18. The van der Waals surface area contributed by atoms with Gasteiger partial charge in [-0.3, -0.25) is 0 Å². The maximum Gasteiger partial charge on any atom is 0.180 e. The third kappa shape index (κ3) is 3.29. The largest absolute Gasteiger partial charge is 0.497 e. The van der Waals surface area contributed by atoms with Gasteiger partial charge >= 0.3 is 0 Å². The summed E-state index contributed by atoms with van der Waals surface area (Å²) in [5, 5.41) is 0.578. The van der Waals surface area contributed by atoms with Crippen LogP contribution in [0.2, 0.25) is 0 Å². The molecule has 0 unspecified atom stereocenters. The minimum Gasteiger partial charge on any atom is -0.497 e. The quantitative estimate of drug-likeness (QED) is 0.747. The van der Waals surface area contributed by atoms with Gasteiger partial charge in [-0.05, 0) is 66.9 Å². The summed E-state index contributed by atoms with van der Waals surface area (Å²) in [5.41, 5.74) is 8.97. The summed E-state index contributed by atoms with van der Waals surface area (Å²) < 4.78 is 11.2. The Labute approximate surface area is 139 Å². The molecule has 0 fully saturated rings. The lowest BCUT2D eigenvalue weighted by Gasteiger charge is -2.13. The van der Waals surface area contributed by atoms with Crippen LogP contribution in [-0.2, 0) is 0 Å². The minimum absolute atomic E-state index is 0.578. The normalized spacial score (nSPS) is 10.6. The number of nitrogens with two attached hydrogens (primary N) is 1. The Morgan fingerprint density at radius 1 is 1.00 bits per heavy atom. The van der Waals surface area contributed by atoms with E-state index >= 15 is 0 Å². The molecule has 0 saturated carbocycles. The Kier molecular flexibility index (Phi) is 4.21. The van der Waals surface area contributed by atoms with Crippen LogP contribution < -0.4 is 15.2 Å². The van der Waals surface area contributed by atoms with E-state index in [1.54, 1.807) is 13.3 Å². The van der Waals surface area contributed by atoms with Gasteiger partial charge in [-0.25, -0.2) is 4.98 Å². The van der Waals surface area contributed by atoms with Crippen molar-refractivity contribution in [3.63, 3.8) is 0 Å². The zero-order chi connectivity index (χ0) is 16.4. The van der Waals surface area contributed by atoms with Crippen molar-refractivity contribution in [1.82, 2.24) is 4.98 Å². The van der Waals surface area contributed by atoms with Gasteiger partial charge in [0.05, 0.1) is 12.0 Å². The van der Waals surface area contributed by atoms with Gasteiger partial charge in [0.1, 0.15) is 17.2 Å². The molecule has 118 valence electrons. The standard InChI is InChI=1S/C18H18N2O2S/c1-11-8-13(16-10-20-18(19)23-16)9-12(2)17(11)22-15-6-4-14(21-3)5-7-15/h4-10H,1-3H3,(H2,19,20). The number of anilines is 1. The number of ether oxygens (including phenoxy) is 2. The SMILES string of the molecule is COc1ccc(Oc2c(C)cc(-c3cnc(N)s3)cc2C)cc1. The second kappa shape index (κ2) is 6.30. The molecule has 5 heteroatoms. The van der Waals surface area contributed by atoms with Gasteiger partial charge in [-0.1, -0.05) is 11.3 Å². The van der Waals surface area contributed by atoms with E-state index in [0.29, 0.717) is 5.13 Å². The molecule has 4 nitrogen and oxygen atoms in total. The Bertz CT molecular complexity index is 802. The highest BCUT2D eigenvalue weighted by Crippen LogP contribution is 2.35. The number of aromatic nitrogens is 1. The number of thiazole rings is 1. The second-order valence-corrected chi connectivity index (χ2v) is 6.34. The van der Waals surface area contributed by atoms with Crippen LogP contribution in [0.1, 0.15) is 11.1 Å². The maximum absolute atomic E-state index is 6.04. The molecule has 1 aromatic heterocycles. The molecule has 0 aliphatic rings. The molecule has 0 saturated heterocycles. The van der Waals surface area contributed by atoms with E-state index in [1.807, 2.05) is 38.1 Å². The number of nitrogens with zero attached hydrogens (tertiary/aromatic N) is 1. The minimum atomic E-state index is 0.578. The first-order valence-electron chi connectivity index (χ1n) is 7.21. The predicted octanol–water partition coefficient (Wildman–Crippen LogP) is 4.81. The smallest absolute Gasteiger partial charge is 0.180 e. The van der Waals surface area contributed by atoms with E-state index in [4.69, 9.17) is 15.2 Å². The highest BCUT2D eigenvalue weighted by atomic mass is 32.1. The molecule has 3 rings (SSSR count). The molecule has 0 spiro atoms. The fourth-order valence-corrected chi connectivity index (χ4v) is 3.11. The zero-order valence-corrected chi connectivity index (χ0v) is 14.1. The third-order valence-corrected chi connectivity index (χ3v) is 4.42. The molecule has 0 atom stereocenters. The molecule has 0 amide bonds. The fraction of sp³-hybridized carbons (Fsp3) is 0.167. The van der Waals surface area contributed by atoms with Crippen molar-refractivity contribution < 1.29 is 9.47 Å². The van der Waals surface area contributed by atoms with Crippen LogP contribution in [0.3, 0.4) is 0 Å². The van der Waals surface area contributed by atoms with Gasteiger partial charge in [0, 0.05) is 6.20 Å². The molecule has 0 radical (unpaired) electrons. The van der Waals surface area contributed by atoms with Crippen molar-refractivity contribution in [2.75, 3.05) is 12.8 Å². The number of benzene rings is 2. The Morgan fingerprint density at radius 2 is 1.61 bits per heavy atom. The van der Waals surface area contributed by atoms with Crippen molar-refractivity contribution in [2.45, 2.75) is 13.8 Å². The number of nitrogen functional groups attached to an aromatic ring is 1. The molecule has 0 aliphatic carbocycles. The first kappa shape index (κ1) is 15.4.